The molecule has 0 unspecified atom stereocenters. The molecule has 0 aliphatic rings. The molecule has 11 heteroatoms. The first-order valence-corrected chi connectivity index (χ1v) is 12.6. The maximum atomic E-state index is 12.7. The normalized spacial score (nSPS) is 12.7. The third kappa shape index (κ3) is 7.22. The summed E-state index contributed by atoms with van der Waals surface area (Å²) in [6.07, 6.45) is 1.39. The van der Waals surface area contributed by atoms with E-state index in [1.165, 1.54) is 25.3 Å². The summed E-state index contributed by atoms with van der Waals surface area (Å²) in [5, 5.41) is 3.92. The maximum Gasteiger partial charge on any atom is 0.308 e. The van der Waals surface area contributed by atoms with Gasteiger partial charge in [-0.3, -0.25) is 9.59 Å². The molecule has 0 fully saturated rings. The number of halogens is 2. The Labute approximate surface area is 204 Å². The number of nitrogens with one attached hydrogen (secondary N) is 2. The molecule has 0 radical (unpaired) electrons. The molecular weight excluding hydrogens is 566 g/mol. The first-order valence-electron chi connectivity index (χ1n) is 9.50. The van der Waals surface area contributed by atoms with Crippen molar-refractivity contribution in [1.82, 2.24) is 10.1 Å². The highest BCUT2D eigenvalue weighted by Crippen LogP contribution is 2.34. The van der Waals surface area contributed by atoms with Crippen molar-refractivity contribution in [3.63, 3.8) is 0 Å². The number of sulfonamides is 1. The molecule has 172 valence electrons. The fourth-order valence-corrected chi connectivity index (χ4v) is 5.31. The highest BCUT2D eigenvalue weighted by Gasteiger charge is 2.28. The van der Waals surface area contributed by atoms with Gasteiger partial charge in [-0.25, -0.2) is 13.8 Å². The highest BCUT2D eigenvalue weighted by atomic mass is 79.9. The van der Waals surface area contributed by atoms with Gasteiger partial charge in [-0.1, -0.05) is 31.5 Å². The van der Waals surface area contributed by atoms with E-state index in [2.05, 4.69) is 47.1 Å². The molecule has 0 heterocycles. The highest BCUT2D eigenvalue weighted by molar-refractivity contribution is 9.11. The Kier molecular flexibility index (Phi) is 9.14. The minimum absolute atomic E-state index is 0.0765. The minimum Gasteiger partial charge on any atom is -0.424 e. The van der Waals surface area contributed by atoms with E-state index in [4.69, 9.17) is 4.74 Å². The zero-order valence-electron chi connectivity index (χ0n) is 17.8. The number of hydrazone groups is 1. The lowest BCUT2D eigenvalue weighted by atomic mass is 10.1. The topological polar surface area (TPSA) is 114 Å². The molecule has 2 aromatic rings. The van der Waals surface area contributed by atoms with Crippen LogP contribution in [0.1, 0.15) is 31.9 Å². The number of carbonyl (C=O) groups is 2. The molecular formula is C21H23Br2N3O5S. The van der Waals surface area contributed by atoms with Crippen LogP contribution in [-0.2, 0) is 19.6 Å². The van der Waals surface area contributed by atoms with E-state index in [9.17, 15) is 18.0 Å². The van der Waals surface area contributed by atoms with E-state index < -0.39 is 27.9 Å². The van der Waals surface area contributed by atoms with Crippen molar-refractivity contribution in [2.45, 2.75) is 38.6 Å². The predicted octanol–water partition coefficient (Wildman–Crippen LogP) is 3.90. The SMILES string of the molecule is CC(=O)Oc1c(Br)cc(/C=N\NC(=O)[C@H](NS(=O)(=O)c2ccc(C)cc2)C(C)C)cc1Br. The van der Waals surface area contributed by atoms with Crippen molar-refractivity contribution in [1.29, 1.82) is 0 Å². The van der Waals surface area contributed by atoms with Crippen LogP contribution in [0, 0.1) is 12.8 Å². The van der Waals surface area contributed by atoms with Crippen LogP contribution in [0.5, 0.6) is 5.75 Å². The summed E-state index contributed by atoms with van der Waals surface area (Å²) in [4.78, 5) is 23.9. The van der Waals surface area contributed by atoms with Crippen molar-refractivity contribution in [3.05, 3.63) is 56.5 Å². The quantitative estimate of drug-likeness (QED) is 0.210. The van der Waals surface area contributed by atoms with Gasteiger partial charge in [0.1, 0.15) is 6.04 Å². The molecule has 2 rings (SSSR count). The zero-order valence-corrected chi connectivity index (χ0v) is 21.8. The van der Waals surface area contributed by atoms with Crippen LogP contribution in [-0.4, -0.2) is 32.6 Å². The van der Waals surface area contributed by atoms with Crippen molar-refractivity contribution < 1.29 is 22.7 Å². The summed E-state index contributed by atoms with van der Waals surface area (Å²) in [7, 11) is -3.89. The number of amides is 1. The van der Waals surface area contributed by atoms with Gasteiger partial charge in [0, 0.05) is 6.92 Å². The summed E-state index contributed by atoms with van der Waals surface area (Å²) < 4.78 is 33.9. The minimum atomic E-state index is -3.89. The van der Waals surface area contributed by atoms with E-state index in [1.807, 2.05) is 6.92 Å². The fraction of sp³-hybridized carbons (Fsp3) is 0.286. The summed E-state index contributed by atoms with van der Waals surface area (Å²) in [6.45, 7) is 6.61. The van der Waals surface area contributed by atoms with Crippen molar-refractivity contribution in [3.8, 4) is 5.75 Å². The lowest BCUT2D eigenvalue weighted by molar-refractivity contribution is -0.132. The average Bonchev–Trinajstić information content (AvgIpc) is 2.69. The zero-order chi connectivity index (χ0) is 24.1. The van der Waals surface area contributed by atoms with Crippen LogP contribution in [0.3, 0.4) is 0 Å². The van der Waals surface area contributed by atoms with Crippen LogP contribution >= 0.6 is 31.9 Å². The monoisotopic (exact) mass is 587 g/mol. The Balaban J connectivity index is 2.12. The summed E-state index contributed by atoms with van der Waals surface area (Å²) in [5.41, 5.74) is 3.89. The molecule has 0 aliphatic heterocycles. The molecule has 8 nitrogen and oxygen atoms in total. The third-order valence-electron chi connectivity index (χ3n) is 4.22. The van der Waals surface area contributed by atoms with Crippen LogP contribution in [0.25, 0.3) is 0 Å². The molecule has 0 saturated heterocycles. The smallest absolute Gasteiger partial charge is 0.308 e. The number of hydrogen-bond donors (Lipinski definition) is 2. The molecule has 0 bridgehead atoms. The van der Waals surface area contributed by atoms with Crippen LogP contribution in [0.15, 0.2) is 55.3 Å². The Morgan fingerprint density at radius 1 is 1.09 bits per heavy atom. The van der Waals surface area contributed by atoms with Gasteiger partial charge in [-0.15, -0.1) is 0 Å². The number of nitrogens with zero attached hydrogens (tertiary/aromatic N) is 1. The fourth-order valence-electron chi connectivity index (χ4n) is 2.58. The van der Waals surface area contributed by atoms with E-state index in [1.54, 1.807) is 38.1 Å². The molecule has 0 aromatic heterocycles. The number of benzene rings is 2. The Morgan fingerprint density at radius 3 is 2.16 bits per heavy atom. The second-order valence-corrected chi connectivity index (χ2v) is 10.7. The van der Waals surface area contributed by atoms with Gasteiger partial charge >= 0.3 is 5.97 Å². The molecule has 2 N–H and O–H groups in total. The molecule has 0 spiro atoms. The standard InChI is InChI=1S/C21H23Br2N3O5S/c1-12(2)19(26-32(29,30)16-7-5-13(3)6-8-16)21(28)25-24-11-15-9-17(22)20(18(23)10-15)31-14(4)27/h5-12,19,26H,1-4H3,(H,25,28)/b24-11-/t19-/m1/s1. The first-order chi connectivity index (χ1) is 14.9. The molecule has 0 aliphatic carbocycles. The lowest BCUT2D eigenvalue weighted by Crippen LogP contribution is -2.48. The van der Waals surface area contributed by atoms with Crippen LogP contribution < -0.4 is 14.9 Å². The number of hydrogen-bond acceptors (Lipinski definition) is 6. The third-order valence-corrected chi connectivity index (χ3v) is 6.85. The van der Waals surface area contributed by atoms with Crippen LogP contribution in [0.4, 0.5) is 0 Å². The molecule has 2 aromatic carbocycles. The Hall–Kier alpha value is -2.08. The summed E-state index contributed by atoms with van der Waals surface area (Å²) in [5.74, 6) is -1.06. The van der Waals surface area contributed by atoms with Crippen molar-refractivity contribution in [2.24, 2.45) is 11.0 Å². The Morgan fingerprint density at radius 2 is 1.66 bits per heavy atom. The number of rotatable bonds is 8. The maximum absolute atomic E-state index is 12.7. The first kappa shape index (κ1) is 26.2. The number of ether oxygens (including phenoxy) is 1. The number of carbonyl (C=O) groups excluding carboxylic acids is 2. The Bertz CT molecular complexity index is 1110. The van der Waals surface area contributed by atoms with Crippen molar-refractivity contribution >= 4 is 60.0 Å². The second kappa shape index (κ2) is 11.2. The molecule has 1 atom stereocenters. The van der Waals surface area contributed by atoms with Gasteiger partial charge < -0.3 is 4.74 Å². The second-order valence-electron chi connectivity index (χ2n) is 7.30. The lowest BCUT2D eigenvalue weighted by Gasteiger charge is -2.20. The van der Waals surface area contributed by atoms with Gasteiger partial charge in [0.15, 0.2) is 5.75 Å². The number of aryl methyl sites for hydroxylation is 1. The van der Waals surface area contributed by atoms with Crippen LogP contribution in [0.2, 0.25) is 0 Å². The molecule has 32 heavy (non-hydrogen) atoms. The van der Waals surface area contributed by atoms with E-state index in [0.717, 1.165) is 5.56 Å². The van der Waals surface area contributed by atoms with E-state index >= 15 is 0 Å². The average molecular weight is 589 g/mol. The van der Waals surface area contributed by atoms with Gasteiger partial charge in [0.25, 0.3) is 5.91 Å². The predicted molar refractivity (Wildman–Crippen MR) is 129 cm³/mol. The van der Waals surface area contributed by atoms with Gasteiger partial charge in [-0.05, 0) is 74.5 Å². The van der Waals surface area contributed by atoms with Crippen molar-refractivity contribution in [2.75, 3.05) is 0 Å². The summed E-state index contributed by atoms with van der Waals surface area (Å²) in [6, 6.07) is 8.62. The van der Waals surface area contributed by atoms with E-state index in [0.29, 0.717) is 20.3 Å². The summed E-state index contributed by atoms with van der Waals surface area (Å²) >= 11 is 6.63. The molecule has 1 amide bonds. The van der Waals surface area contributed by atoms with E-state index in [-0.39, 0.29) is 10.8 Å². The molecule has 0 saturated carbocycles. The van der Waals surface area contributed by atoms with Gasteiger partial charge in [0.05, 0.1) is 20.1 Å². The largest absolute Gasteiger partial charge is 0.424 e. The van der Waals surface area contributed by atoms with Gasteiger partial charge in [-0.2, -0.15) is 9.82 Å². The van der Waals surface area contributed by atoms with Gasteiger partial charge in [0.2, 0.25) is 10.0 Å². The number of esters is 1.